The van der Waals surface area contributed by atoms with E-state index in [0.717, 1.165) is 77.0 Å². The highest BCUT2D eigenvalue weighted by Crippen LogP contribution is 2.14. The van der Waals surface area contributed by atoms with Crippen molar-refractivity contribution in [3.8, 4) is 0 Å². The maximum absolute atomic E-state index is 12.6. The van der Waals surface area contributed by atoms with Gasteiger partial charge in [-0.1, -0.05) is 154 Å². The summed E-state index contributed by atoms with van der Waals surface area (Å²) in [7, 11) is 0. The number of unbranched alkanes of at least 4 members (excludes halogenated alkanes) is 19. The molecular weight excluding hydrogens is 612 g/mol. The van der Waals surface area contributed by atoms with Crippen LogP contribution in [0.4, 0.5) is 0 Å². The molecule has 0 heterocycles. The van der Waals surface area contributed by atoms with Crippen molar-refractivity contribution >= 4 is 17.9 Å². The number of allylic oxidation sites excluding steroid dienone is 6. The fourth-order valence-corrected chi connectivity index (χ4v) is 5.52. The molecule has 0 amide bonds. The molecule has 0 aliphatic heterocycles. The Balaban J connectivity index is 4.41. The summed E-state index contributed by atoms with van der Waals surface area (Å²) in [6.45, 7) is 6.41. The molecule has 0 aromatic carbocycles. The Morgan fingerprint density at radius 3 is 1.35 bits per heavy atom. The molecule has 0 aromatic heterocycles. The molecule has 49 heavy (non-hydrogen) atoms. The largest absolute Gasteiger partial charge is 0.462 e. The van der Waals surface area contributed by atoms with E-state index in [4.69, 9.17) is 14.2 Å². The van der Waals surface area contributed by atoms with Gasteiger partial charge >= 0.3 is 17.9 Å². The van der Waals surface area contributed by atoms with Crippen LogP contribution in [0.25, 0.3) is 0 Å². The topological polar surface area (TPSA) is 78.9 Å². The molecule has 0 N–H and O–H groups in total. The SMILES string of the molecule is CC/C=C\C/C=C\CCCCC(=O)OCC(COC(=O)CCCCCCC/C=C\CCCC)OC(=O)CCCCCCCCCCCCC. The third-order valence-electron chi connectivity index (χ3n) is 8.63. The molecule has 0 fully saturated rings. The van der Waals surface area contributed by atoms with Gasteiger partial charge in [-0.2, -0.15) is 0 Å². The van der Waals surface area contributed by atoms with Crippen molar-refractivity contribution in [3.05, 3.63) is 36.5 Å². The number of carbonyl (C=O) groups is 3. The van der Waals surface area contributed by atoms with Gasteiger partial charge in [-0.15, -0.1) is 0 Å². The minimum absolute atomic E-state index is 0.0856. The molecule has 0 spiro atoms. The molecule has 0 saturated heterocycles. The van der Waals surface area contributed by atoms with Crippen molar-refractivity contribution in [1.82, 2.24) is 0 Å². The van der Waals surface area contributed by atoms with Crippen LogP contribution in [0.3, 0.4) is 0 Å². The van der Waals surface area contributed by atoms with Gasteiger partial charge < -0.3 is 14.2 Å². The van der Waals surface area contributed by atoms with Crippen molar-refractivity contribution in [1.29, 1.82) is 0 Å². The zero-order chi connectivity index (χ0) is 35.9. The first-order chi connectivity index (χ1) is 24.0. The molecule has 1 unspecified atom stereocenters. The van der Waals surface area contributed by atoms with Crippen LogP contribution in [0, 0.1) is 0 Å². The Hall–Kier alpha value is -2.37. The zero-order valence-corrected chi connectivity index (χ0v) is 32.2. The summed E-state index contributed by atoms with van der Waals surface area (Å²) in [6.07, 6.45) is 41.4. The fraction of sp³-hybridized carbons (Fsp3) is 0.791. The summed E-state index contributed by atoms with van der Waals surface area (Å²) in [4.78, 5) is 37.4. The van der Waals surface area contributed by atoms with E-state index in [-0.39, 0.29) is 31.1 Å². The third kappa shape index (κ3) is 36.7. The average Bonchev–Trinajstić information content (AvgIpc) is 3.10. The predicted octanol–water partition coefficient (Wildman–Crippen LogP) is 12.6. The highest BCUT2D eigenvalue weighted by atomic mass is 16.6. The number of ether oxygens (including phenoxy) is 3. The number of carbonyl (C=O) groups excluding carboxylic acids is 3. The highest BCUT2D eigenvalue weighted by Gasteiger charge is 2.19. The van der Waals surface area contributed by atoms with Crippen molar-refractivity contribution in [3.63, 3.8) is 0 Å². The Kier molecular flexibility index (Phi) is 36.6. The fourth-order valence-electron chi connectivity index (χ4n) is 5.52. The smallest absolute Gasteiger partial charge is 0.306 e. The number of esters is 3. The normalized spacial score (nSPS) is 12.3. The quantitative estimate of drug-likeness (QED) is 0.0282. The lowest BCUT2D eigenvalue weighted by molar-refractivity contribution is -0.167. The molecule has 0 aromatic rings. The van der Waals surface area contributed by atoms with E-state index in [9.17, 15) is 14.4 Å². The lowest BCUT2D eigenvalue weighted by Gasteiger charge is -2.18. The first-order valence-corrected chi connectivity index (χ1v) is 20.5. The van der Waals surface area contributed by atoms with E-state index < -0.39 is 6.10 Å². The van der Waals surface area contributed by atoms with Crippen LogP contribution >= 0.6 is 0 Å². The molecule has 0 radical (unpaired) electrons. The maximum Gasteiger partial charge on any atom is 0.306 e. The molecule has 6 nitrogen and oxygen atoms in total. The van der Waals surface area contributed by atoms with Crippen LogP contribution in [-0.4, -0.2) is 37.2 Å². The number of hydrogen-bond donors (Lipinski definition) is 0. The van der Waals surface area contributed by atoms with Gasteiger partial charge in [-0.3, -0.25) is 14.4 Å². The monoisotopic (exact) mass is 689 g/mol. The third-order valence-corrected chi connectivity index (χ3v) is 8.63. The first kappa shape index (κ1) is 46.6. The van der Waals surface area contributed by atoms with E-state index in [1.807, 2.05) is 0 Å². The van der Waals surface area contributed by atoms with E-state index >= 15 is 0 Å². The average molecular weight is 689 g/mol. The van der Waals surface area contributed by atoms with Crippen LogP contribution in [0.15, 0.2) is 36.5 Å². The van der Waals surface area contributed by atoms with Crippen LogP contribution in [0.2, 0.25) is 0 Å². The maximum atomic E-state index is 12.6. The van der Waals surface area contributed by atoms with Crippen LogP contribution in [0.1, 0.15) is 201 Å². The molecule has 0 aliphatic rings. The zero-order valence-electron chi connectivity index (χ0n) is 32.2. The van der Waals surface area contributed by atoms with Gasteiger partial charge in [0.05, 0.1) is 0 Å². The molecule has 1 atom stereocenters. The molecule has 284 valence electrons. The molecule has 0 bridgehead atoms. The van der Waals surface area contributed by atoms with Gasteiger partial charge in [-0.25, -0.2) is 0 Å². The van der Waals surface area contributed by atoms with Gasteiger partial charge in [0.1, 0.15) is 13.2 Å². The molecule has 0 rings (SSSR count). The van der Waals surface area contributed by atoms with Gasteiger partial charge in [0.2, 0.25) is 0 Å². The van der Waals surface area contributed by atoms with Crippen LogP contribution in [0.5, 0.6) is 0 Å². The second-order valence-electron chi connectivity index (χ2n) is 13.5. The molecule has 0 aliphatic carbocycles. The summed E-state index contributed by atoms with van der Waals surface area (Å²) in [5.74, 6) is -0.937. The second-order valence-corrected chi connectivity index (χ2v) is 13.5. The Morgan fingerprint density at radius 1 is 0.429 bits per heavy atom. The molecule has 6 heteroatoms. The van der Waals surface area contributed by atoms with Crippen LogP contribution in [-0.2, 0) is 28.6 Å². The summed E-state index contributed by atoms with van der Waals surface area (Å²) in [6, 6.07) is 0. The van der Waals surface area contributed by atoms with Crippen molar-refractivity contribution in [2.45, 2.75) is 207 Å². The number of hydrogen-bond acceptors (Lipinski definition) is 6. The van der Waals surface area contributed by atoms with E-state index in [0.29, 0.717) is 19.3 Å². The van der Waals surface area contributed by atoms with E-state index in [1.54, 1.807) is 0 Å². The highest BCUT2D eigenvalue weighted by molar-refractivity contribution is 5.71. The summed E-state index contributed by atoms with van der Waals surface area (Å²) < 4.78 is 16.6. The predicted molar refractivity (Wildman–Crippen MR) is 206 cm³/mol. The summed E-state index contributed by atoms with van der Waals surface area (Å²) >= 11 is 0. The standard InChI is InChI=1S/C43H76O6/c1-4-7-10-13-16-19-21-24-27-30-33-36-42(45)48-39-40(38-47-41(44)35-32-29-26-23-18-15-12-9-6-3)49-43(46)37-34-31-28-25-22-20-17-14-11-8-5-2/h9,12-13,16,18,23,40H,4-8,10-11,14-15,17,19-22,24-39H2,1-3H3/b12-9-,16-13-,23-18-. The first-order valence-electron chi connectivity index (χ1n) is 20.5. The van der Waals surface area contributed by atoms with E-state index in [2.05, 4.69) is 57.2 Å². The van der Waals surface area contributed by atoms with Gasteiger partial charge in [0.25, 0.3) is 0 Å². The Labute approximate surface area is 302 Å². The van der Waals surface area contributed by atoms with Crippen LogP contribution < -0.4 is 0 Å². The lowest BCUT2D eigenvalue weighted by atomic mass is 10.1. The summed E-state index contributed by atoms with van der Waals surface area (Å²) in [5, 5.41) is 0. The van der Waals surface area contributed by atoms with Crippen molar-refractivity contribution < 1.29 is 28.6 Å². The molecular formula is C43H76O6. The van der Waals surface area contributed by atoms with Gasteiger partial charge in [0, 0.05) is 19.3 Å². The van der Waals surface area contributed by atoms with Crippen molar-refractivity contribution in [2.24, 2.45) is 0 Å². The summed E-state index contributed by atoms with van der Waals surface area (Å²) in [5.41, 5.74) is 0. The van der Waals surface area contributed by atoms with Gasteiger partial charge in [0.15, 0.2) is 6.10 Å². The number of rotatable bonds is 36. The molecule has 0 saturated carbocycles. The Bertz CT molecular complexity index is 845. The second kappa shape index (κ2) is 38.4. The van der Waals surface area contributed by atoms with Crippen molar-refractivity contribution in [2.75, 3.05) is 13.2 Å². The Morgan fingerprint density at radius 2 is 0.816 bits per heavy atom. The lowest BCUT2D eigenvalue weighted by Crippen LogP contribution is -2.30. The van der Waals surface area contributed by atoms with Gasteiger partial charge in [-0.05, 0) is 64.2 Å². The van der Waals surface area contributed by atoms with E-state index in [1.165, 1.54) is 83.5 Å². The minimum atomic E-state index is -0.780. The minimum Gasteiger partial charge on any atom is -0.462 e.